The van der Waals surface area contributed by atoms with Gasteiger partial charge in [0, 0.05) is 12.4 Å². The van der Waals surface area contributed by atoms with Gasteiger partial charge in [-0.25, -0.2) is 0 Å². The van der Waals surface area contributed by atoms with E-state index in [1.54, 1.807) is 48.8 Å². The highest BCUT2D eigenvalue weighted by Gasteiger charge is 2.01. The number of rotatable bonds is 4. The van der Waals surface area contributed by atoms with Gasteiger partial charge in [-0.1, -0.05) is 12.1 Å². The zero-order valence-corrected chi connectivity index (χ0v) is 9.04. The molecule has 0 radical (unpaired) electrons. The Morgan fingerprint density at radius 2 is 1.65 bits per heavy atom. The van der Waals surface area contributed by atoms with Crippen LogP contribution in [0, 0.1) is 0 Å². The molecule has 0 aliphatic carbocycles. The van der Waals surface area contributed by atoms with E-state index in [-0.39, 0.29) is 6.42 Å². The fraction of sp³-hybridized carbons (Fsp3) is 0.0769. The third-order valence-electron chi connectivity index (χ3n) is 2.16. The fourth-order valence-corrected chi connectivity index (χ4v) is 1.39. The molecule has 0 saturated carbocycles. The van der Waals surface area contributed by atoms with Gasteiger partial charge in [-0.05, 0) is 29.8 Å². The lowest BCUT2D eigenvalue weighted by Gasteiger charge is -2.05. The Balaban J connectivity index is 2.06. The molecule has 4 nitrogen and oxygen atoms in total. The molecule has 0 bridgehead atoms. The highest BCUT2D eigenvalue weighted by atomic mass is 16.5. The van der Waals surface area contributed by atoms with E-state index in [0.717, 1.165) is 5.56 Å². The Labute approximate surface area is 98.5 Å². The highest BCUT2D eigenvalue weighted by Crippen LogP contribution is 2.20. The van der Waals surface area contributed by atoms with Crippen molar-refractivity contribution >= 4 is 5.97 Å². The lowest BCUT2D eigenvalue weighted by molar-refractivity contribution is -0.136. The molecule has 0 aliphatic rings. The number of nitrogens with zero attached hydrogens (tertiary/aromatic N) is 1. The quantitative estimate of drug-likeness (QED) is 0.875. The van der Waals surface area contributed by atoms with Crippen LogP contribution in [0.1, 0.15) is 5.56 Å². The number of pyridine rings is 1. The van der Waals surface area contributed by atoms with E-state index in [0.29, 0.717) is 11.5 Å². The van der Waals surface area contributed by atoms with Gasteiger partial charge in [0.15, 0.2) is 0 Å². The number of carboxylic acids is 1. The maximum Gasteiger partial charge on any atom is 0.307 e. The van der Waals surface area contributed by atoms with Crippen LogP contribution in [-0.2, 0) is 11.2 Å². The molecule has 2 aromatic rings. The Kier molecular flexibility index (Phi) is 3.35. The molecular weight excluding hydrogens is 218 g/mol. The number of hydrogen-bond acceptors (Lipinski definition) is 3. The van der Waals surface area contributed by atoms with Crippen LogP contribution >= 0.6 is 0 Å². The summed E-state index contributed by atoms with van der Waals surface area (Å²) in [6, 6.07) is 10.5. The number of carboxylic acid groups (broad SMARTS) is 1. The maximum atomic E-state index is 10.5. The van der Waals surface area contributed by atoms with Crippen LogP contribution in [0.4, 0.5) is 0 Å². The maximum absolute atomic E-state index is 10.5. The Morgan fingerprint density at radius 3 is 2.24 bits per heavy atom. The number of hydrogen-bond donors (Lipinski definition) is 1. The first kappa shape index (κ1) is 11.1. The first-order valence-electron chi connectivity index (χ1n) is 5.12. The summed E-state index contributed by atoms with van der Waals surface area (Å²) in [6.07, 6.45) is 3.32. The highest BCUT2D eigenvalue weighted by molar-refractivity contribution is 5.70. The van der Waals surface area contributed by atoms with Crippen molar-refractivity contribution in [3.63, 3.8) is 0 Å². The third kappa shape index (κ3) is 3.31. The van der Waals surface area contributed by atoms with Crippen LogP contribution in [0.25, 0.3) is 0 Å². The van der Waals surface area contributed by atoms with Crippen LogP contribution < -0.4 is 4.74 Å². The minimum atomic E-state index is -0.840. The molecular formula is C13H11NO3. The average Bonchev–Trinajstić information content (AvgIpc) is 2.32. The number of ether oxygens (including phenoxy) is 1. The molecule has 1 heterocycles. The normalized spacial score (nSPS) is 9.88. The van der Waals surface area contributed by atoms with Crippen LogP contribution in [0.2, 0.25) is 0 Å². The van der Waals surface area contributed by atoms with E-state index in [1.165, 1.54) is 0 Å². The van der Waals surface area contributed by atoms with Gasteiger partial charge in [-0.2, -0.15) is 0 Å². The molecule has 1 aromatic carbocycles. The fourth-order valence-electron chi connectivity index (χ4n) is 1.39. The molecule has 1 aromatic heterocycles. The molecule has 86 valence electrons. The van der Waals surface area contributed by atoms with Crippen molar-refractivity contribution in [2.24, 2.45) is 0 Å². The van der Waals surface area contributed by atoms with E-state index >= 15 is 0 Å². The van der Waals surface area contributed by atoms with E-state index in [1.807, 2.05) is 0 Å². The van der Waals surface area contributed by atoms with Crippen LogP contribution in [0.3, 0.4) is 0 Å². The second-order valence-electron chi connectivity index (χ2n) is 3.50. The molecule has 2 rings (SSSR count). The summed E-state index contributed by atoms with van der Waals surface area (Å²) in [5, 5.41) is 8.63. The lowest BCUT2D eigenvalue weighted by atomic mass is 10.1. The molecule has 4 heteroatoms. The average molecular weight is 229 g/mol. The summed E-state index contributed by atoms with van der Waals surface area (Å²) in [7, 11) is 0. The van der Waals surface area contributed by atoms with E-state index in [2.05, 4.69) is 4.98 Å². The zero-order chi connectivity index (χ0) is 12.1. The topological polar surface area (TPSA) is 59.4 Å². The summed E-state index contributed by atoms with van der Waals surface area (Å²) in [5.41, 5.74) is 0.750. The predicted molar refractivity (Wildman–Crippen MR) is 62.1 cm³/mol. The first-order valence-corrected chi connectivity index (χ1v) is 5.12. The first-order chi connectivity index (χ1) is 8.24. The van der Waals surface area contributed by atoms with Crippen molar-refractivity contribution in [3.8, 4) is 11.5 Å². The standard InChI is InChI=1S/C13H11NO3/c15-13(16)9-10-1-3-11(4-2-10)17-12-5-7-14-8-6-12/h1-8H,9H2,(H,15,16). The van der Waals surface area contributed by atoms with Crippen molar-refractivity contribution in [2.45, 2.75) is 6.42 Å². The molecule has 0 aliphatic heterocycles. The second-order valence-corrected chi connectivity index (χ2v) is 3.50. The van der Waals surface area contributed by atoms with E-state index in [4.69, 9.17) is 9.84 Å². The van der Waals surface area contributed by atoms with Crippen molar-refractivity contribution < 1.29 is 14.6 Å². The van der Waals surface area contributed by atoms with Gasteiger partial charge in [-0.3, -0.25) is 9.78 Å². The molecule has 0 unspecified atom stereocenters. The molecule has 0 amide bonds. The van der Waals surface area contributed by atoms with Crippen molar-refractivity contribution in [1.82, 2.24) is 4.98 Å². The Morgan fingerprint density at radius 1 is 1.06 bits per heavy atom. The lowest BCUT2D eigenvalue weighted by Crippen LogP contribution is -1.99. The summed E-state index contributed by atoms with van der Waals surface area (Å²) in [4.78, 5) is 14.4. The van der Waals surface area contributed by atoms with Crippen LogP contribution in [0.5, 0.6) is 11.5 Å². The molecule has 17 heavy (non-hydrogen) atoms. The van der Waals surface area contributed by atoms with Crippen molar-refractivity contribution in [3.05, 3.63) is 54.4 Å². The molecule has 0 fully saturated rings. The van der Waals surface area contributed by atoms with Gasteiger partial charge >= 0.3 is 5.97 Å². The van der Waals surface area contributed by atoms with Gasteiger partial charge < -0.3 is 9.84 Å². The number of benzene rings is 1. The predicted octanol–water partition coefficient (Wildman–Crippen LogP) is 2.50. The Hall–Kier alpha value is -2.36. The van der Waals surface area contributed by atoms with Gasteiger partial charge in [0.2, 0.25) is 0 Å². The van der Waals surface area contributed by atoms with Gasteiger partial charge in [0.05, 0.1) is 6.42 Å². The van der Waals surface area contributed by atoms with Gasteiger partial charge in [0.1, 0.15) is 11.5 Å². The smallest absolute Gasteiger partial charge is 0.307 e. The van der Waals surface area contributed by atoms with Gasteiger partial charge in [0.25, 0.3) is 0 Å². The van der Waals surface area contributed by atoms with Crippen molar-refractivity contribution in [2.75, 3.05) is 0 Å². The molecule has 1 N–H and O–H groups in total. The van der Waals surface area contributed by atoms with Gasteiger partial charge in [-0.15, -0.1) is 0 Å². The zero-order valence-electron chi connectivity index (χ0n) is 9.04. The summed E-state index contributed by atoms with van der Waals surface area (Å²) < 4.78 is 5.55. The van der Waals surface area contributed by atoms with Crippen LogP contribution in [-0.4, -0.2) is 16.1 Å². The molecule has 0 spiro atoms. The second kappa shape index (κ2) is 5.12. The number of carbonyl (C=O) groups is 1. The third-order valence-corrected chi connectivity index (χ3v) is 2.16. The van der Waals surface area contributed by atoms with E-state index < -0.39 is 5.97 Å². The summed E-state index contributed by atoms with van der Waals surface area (Å²) in [6.45, 7) is 0. The molecule has 0 atom stereocenters. The SMILES string of the molecule is O=C(O)Cc1ccc(Oc2ccncc2)cc1. The Bertz CT molecular complexity index is 494. The van der Waals surface area contributed by atoms with Crippen LogP contribution in [0.15, 0.2) is 48.8 Å². The largest absolute Gasteiger partial charge is 0.481 e. The van der Waals surface area contributed by atoms with Crippen molar-refractivity contribution in [1.29, 1.82) is 0 Å². The van der Waals surface area contributed by atoms with E-state index in [9.17, 15) is 4.79 Å². The molecule has 0 saturated heterocycles. The minimum Gasteiger partial charge on any atom is -0.481 e. The number of aliphatic carboxylic acids is 1. The minimum absolute atomic E-state index is 0.0234. The monoisotopic (exact) mass is 229 g/mol. The summed E-state index contributed by atoms with van der Waals surface area (Å²) >= 11 is 0. The summed E-state index contributed by atoms with van der Waals surface area (Å²) in [5.74, 6) is 0.532. The number of aromatic nitrogens is 1.